The molecule has 1 aromatic carbocycles. The smallest absolute Gasteiger partial charge is 0 e. The summed E-state index contributed by atoms with van der Waals surface area (Å²) >= 11 is 0. The standard InChI is InChI=1S/C8H7O.Pd/c9-7-6-8-4-2-1-3-5-8;/h1-5H,6H2;/q-1;. The Morgan fingerprint density at radius 1 is 1.20 bits per heavy atom. The van der Waals surface area contributed by atoms with E-state index in [-0.39, 0.29) is 20.4 Å². The normalized spacial score (nSPS) is 8.00. The molecule has 1 aromatic rings. The first-order valence-electron chi connectivity index (χ1n) is 2.82. The number of benzene rings is 1. The van der Waals surface area contributed by atoms with Crippen LogP contribution in [0.1, 0.15) is 5.56 Å². The van der Waals surface area contributed by atoms with Gasteiger partial charge < -0.3 is 4.79 Å². The minimum atomic E-state index is 0. The molecule has 10 heavy (non-hydrogen) atoms. The van der Waals surface area contributed by atoms with Gasteiger partial charge in [-0.15, -0.1) is 6.42 Å². The molecule has 0 amide bonds. The predicted molar refractivity (Wildman–Crippen MR) is 35.8 cm³/mol. The van der Waals surface area contributed by atoms with Crippen molar-refractivity contribution in [1.29, 1.82) is 0 Å². The van der Waals surface area contributed by atoms with E-state index < -0.39 is 0 Å². The third-order valence-corrected chi connectivity index (χ3v) is 1.12. The molecule has 1 nitrogen and oxygen atoms in total. The van der Waals surface area contributed by atoms with Crippen molar-refractivity contribution in [2.75, 3.05) is 0 Å². The van der Waals surface area contributed by atoms with Crippen LogP contribution < -0.4 is 0 Å². The third-order valence-electron chi connectivity index (χ3n) is 1.12. The van der Waals surface area contributed by atoms with Gasteiger partial charge in [0.2, 0.25) is 0 Å². The molecule has 0 aliphatic rings. The van der Waals surface area contributed by atoms with E-state index in [0.717, 1.165) is 5.56 Å². The van der Waals surface area contributed by atoms with Crippen molar-refractivity contribution in [1.82, 2.24) is 0 Å². The summed E-state index contributed by atoms with van der Waals surface area (Å²) in [6.07, 6.45) is 2.24. The summed E-state index contributed by atoms with van der Waals surface area (Å²) in [6, 6.07) is 9.56. The van der Waals surface area contributed by atoms with E-state index >= 15 is 0 Å². The van der Waals surface area contributed by atoms with E-state index in [2.05, 4.69) is 0 Å². The number of carbonyl (C=O) groups excluding carboxylic acids is 1. The molecule has 1 rings (SSSR count). The summed E-state index contributed by atoms with van der Waals surface area (Å²) in [5.41, 5.74) is 1.02. The van der Waals surface area contributed by atoms with Gasteiger partial charge in [-0.1, -0.05) is 35.9 Å². The van der Waals surface area contributed by atoms with Crippen molar-refractivity contribution in [3.63, 3.8) is 0 Å². The van der Waals surface area contributed by atoms with Gasteiger partial charge in [0, 0.05) is 20.4 Å². The monoisotopic (exact) mass is 225 g/mol. The van der Waals surface area contributed by atoms with Gasteiger partial charge in [0.15, 0.2) is 0 Å². The van der Waals surface area contributed by atoms with Crippen LogP contribution in [0.4, 0.5) is 0 Å². The number of hydrogen-bond acceptors (Lipinski definition) is 1. The quantitative estimate of drug-likeness (QED) is 0.548. The minimum absolute atomic E-state index is 0. The maximum Gasteiger partial charge on any atom is 0 e. The molecule has 0 aliphatic carbocycles. The van der Waals surface area contributed by atoms with Gasteiger partial charge in [0.05, 0.1) is 0 Å². The summed E-state index contributed by atoms with van der Waals surface area (Å²) in [5.74, 6) is 0. The molecule has 0 aromatic heterocycles. The second kappa shape index (κ2) is 5.35. The van der Waals surface area contributed by atoms with Crippen LogP contribution in [-0.2, 0) is 31.6 Å². The van der Waals surface area contributed by atoms with Crippen LogP contribution in [0.2, 0.25) is 0 Å². The molecule has 2 heteroatoms. The Kier molecular flexibility index (Phi) is 5.11. The molecule has 0 N–H and O–H groups in total. The molecule has 0 saturated carbocycles. The molecular weight excluding hydrogens is 219 g/mol. The van der Waals surface area contributed by atoms with Crippen LogP contribution in [0.5, 0.6) is 0 Å². The Bertz CT molecular complexity index is 184. The summed E-state index contributed by atoms with van der Waals surface area (Å²) in [7, 11) is 0. The van der Waals surface area contributed by atoms with Gasteiger partial charge in [-0.2, -0.15) is 0 Å². The second-order valence-corrected chi connectivity index (χ2v) is 1.81. The first-order valence-corrected chi connectivity index (χ1v) is 2.82. The molecule has 0 fully saturated rings. The van der Waals surface area contributed by atoms with Crippen molar-refractivity contribution < 1.29 is 25.2 Å². The molecule has 0 radical (unpaired) electrons. The topological polar surface area (TPSA) is 17.1 Å². The van der Waals surface area contributed by atoms with Gasteiger partial charge in [0.25, 0.3) is 0 Å². The summed E-state index contributed by atoms with van der Waals surface area (Å²) in [4.78, 5) is 9.85. The number of hydrogen-bond donors (Lipinski definition) is 0. The first-order chi connectivity index (χ1) is 4.43. The van der Waals surface area contributed by atoms with Gasteiger partial charge in [0.1, 0.15) is 0 Å². The van der Waals surface area contributed by atoms with Crippen LogP contribution in [0.25, 0.3) is 0 Å². The van der Waals surface area contributed by atoms with E-state index in [1.165, 1.54) is 0 Å². The van der Waals surface area contributed by atoms with Crippen molar-refractivity contribution in [3.05, 3.63) is 35.9 Å². The van der Waals surface area contributed by atoms with Crippen molar-refractivity contribution in [3.8, 4) is 0 Å². The summed E-state index contributed by atoms with van der Waals surface area (Å²) in [5, 5.41) is 0. The second-order valence-electron chi connectivity index (χ2n) is 1.81. The zero-order chi connectivity index (χ0) is 6.53. The fourth-order valence-corrected chi connectivity index (χ4v) is 0.679. The van der Waals surface area contributed by atoms with Crippen molar-refractivity contribution in [2.24, 2.45) is 0 Å². The van der Waals surface area contributed by atoms with E-state index in [9.17, 15) is 4.79 Å². The van der Waals surface area contributed by atoms with E-state index in [1.807, 2.05) is 36.6 Å². The van der Waals surface area contributed by atoms with E-state index in [4.69, 9.17) is 0 Å². The third kappa shape index (κ3) is 2.91. The fraction of sp³-hybridized carbons (Fsp3) is 0.125. The number of rotatable bonds is 2. The maximum absolute atomic E-state index is 9.85. The molecule has 0 bridgehead atoms. The largest absolute Gasteiger partial charge is 0.541 e. The Hall–Kier alpha value is -0.448. The zero-order valence-electron chi connectivity index (χ0n) is 5.32. The maximum atomic E-state index is 9.85. The Labute approximate surface area is 74.1 Å². The molecule has 0 heterocycles. The van der Waals surface area contributed by atoms with Crippen LogP contribution in [0.15, 0.2) is 30.3 Å². The molecule has 0 atom stereocenters. The molecule has 0 unspecified atom stereocenters. The molecule has 0 spiro atoms. The summed E-state index contributed by atoms with van der Waals surface area (Å²) in [6.45, 7) is 0. The minimum Gasteiger partial charge on any atom is -0.541 e. The van der Waals surface area contributed by atoms with Crippen molar-refractivity contribution >= 4 is 6.29 Å². The molecule has 0 aliphatic heterocycles. The molecule has 0 saturated heterocycles. The van der Waals surface area contributed by atoms with Gasteiger partial charge in [-0.25, -0.2) is 0 Å². The van der Waals surface area contributed by atoms with Crippen LogP contribution in [0.3, 0.4) is 0 Å². The average molecular weight is 226 g/mol. The van der Waals surface area contributed by atoms with Gasteiger partial charge in [-0.3, -0.25) is 6.29 Å². The average Bonchev–Trinajstić information content (AvgIpc) is 1.91. The Balaban J connectivity index is 0.000000810. The van der Waals surface area contributed by atoms with E-state index in [1.54, 1.807) is 0 Å². The Morgan fingerprint density at radius 3 is 2.30 bits per heavy atom. The van der Waals surface area contributed by atoms with Crippen LogP contribution >= 0.6 is 0 Å². The summed E-state index contributed by atoms with van der Waals surface area (Å²) < 4.78 is 0. The fourth-order valence-electron chi connectivity index (χ4n) is 0.679. The zero-order valence-corrected chi connectivity index (χ0v) is 6.87. The van der Waals surface area contributed by atoms with Gasteiger partial charge >= 0.3 is 0 Å². The predicted octanol–water partition coefficient (Wildman–Crippen LogP) is 1.34. The van der Waals surface area contributed by atoms with Gasteiger partial charge in [-0.05, 0) is 0 Å². The van der Waals surface area contributed by atoms with Crippen LogP contribution in [-0.4, -0.2) is 6.29 Å². The SMILES string of the molecule is O=[C-]Cc1ccccc1.[Pd]. The molecule has 56 valence electrons. The first kappa shape index (κ1) is 9.55. The molecular formula is C8H7OPd-. The van der Waals surface area contributed by atoms with Crippen molar-refractivity contribution in [2.45, 2.75) is 6.42 Å². The van der Waals surface area contributed by atoms with Crippen LogP contribution in [0, 0.1) is 0 Å². The Morgan fingerprint density at radius 2 is 1.80 bits per heavy atom. The van der Waals surface area contributed by atoms with E-state index in [0.29, 0.717) is 6.42 Å².